The normalized spacial score (nSPS) is 24.6. The number of carbonyl (C=O) groups is 3. The fourth-order valence-corrected chi connectivity index (χ4v) is 5.41. The van der Waals surface area contributed by atoms with Crippen molar-refractivity contribution in [1.82, 2.24) is 15.2 Å². The van der Waals surface area contributed by atoms with Gasteiger partial charge in [-0.3, -0.25) is 9.59 Å². The van der Waals surface area contributed by atoms with Gasteiger partial charge in [-0.2, -0.15) is 0 Å². The molecule has 1 saturated heterocycles. The highest BCUT2D eigenvalue weighted by molar-refractivity contribution is 7.13. The first-order valence-corrected chi connectivity index (χ1v) is 11.0. The summed E-state index contributed by atoms with van der Waals surface area (Å²) >= 11 is 1.50. The van der Waals surface area contributed by atoms with Crippen LogP contribution in [0.5, 0.6) is 0 Å². The Morgan fingerprint density at radius 1 is 1.40 bits per heavy atom. The van der Waals surface area contributed by atoms with Gasteiger partial charge < -0.3 is 16.4 Å². The minimum Gasteiger partial charge on any atom is -0.368 e. The minimum absolute atomic E-state index is 0.141. The average molecular weight is 426 g/mol. The van der Waals surface area contributed by atoms with E-state index < -0.39 is 23.5 Å². The molecule has 2 aromatic rings. The number of carbonyl (C=O) groups excluding carboxylic acids is 3. The van der Waals surface area contributed by atoms with Crippen molar-refractivity contribution in [2.24, 2.45) is 17.6 Å². The van der Waals surface area contributed by atoms with Gasteiger partial charge in [-0.15, -0.1) is 11.3 Å². The number of fused-ring (bicyclic) bond motifs is 2. The highest BCUT2D eigenvalue weighted by atomic mass is 32.1. The number of nitrogens with two attached hydrogens (primary N) is 1. The summed E-state index contributed by atoms with van der Waals surface area (Å²) < 4.78 is 0. The summed E-state index contributed by atoms with van der Waals surface area (Å²) in [6.45, 7) is 1.90. The van der Waals surface area contributed by atoms with Gasteiger partial charge in [0.2, 0.25) is 5.91 Å². The van der Waals surface area contributed by atoms with Crippen molar-refractivity contribution in [3.8, 4) is 0 Å². The molecule has 0 radical (unpaired) electrons. The van der Waals surface area contributed by atoms with E-state index in [2.05, 4.69) is 15.6 Å². The molecule has 0 bridgehead atoms. The third-order valence-corrected chi connectivity index (χ3v) is 7.26. The Labute approximate surface area is 177 Å². The summed E-state index contributed by atoms with van der Waals surface area (Å²) in [5.74, 6) is -0.813. The number of amides is 4. The Bertz CT molecular complexity index is 1040. The summed E-state index contributed by atoms with van der Waals surface area (Å²) in [6, 6.07) is 4.30. The van der Waals surface area contributed by atoms with Crippen molar-refractivity contribution in [3.63, 3.8) is 0 Å². The largest absolute Gasteiger partial charge is 0.368 e. The summed E-state index contributed by atoms with van der Waals surface area (Å²) in [7, 11) is 0. The molecule has 1 aliphatic heterocycles. The van der Waals surface area contributed by atoms with Crippen molar-refractivity contribution < 1.29 is 14.4 Å². The zero-order valence-electron chi connectivity index (χ0n) is 16.6. The Hall–Kier alpha value is -2.94. The number of aromatic nitrogens is 1. The van der Waals surface area contributed by atoms with Crippen LogP contribution in [0.15, 0.2) is 29.8 Å². The molecule has 1 aromatic carbocycles. The van der Waals surface area contributed by atoms with E-state index in [0.717, 1.165) is 39.7 Å². The van der Waals surface area contributed by atoms with Gasteiger partial charge in [0.1, 0.15) is 11.6 Å². The highest BCUT2D eigenvalue weighted by Crippen LogP contribution is 2.45. The van der Waals surface area contributed by atoms with Gasteiger partial charge in [-0.25, -0.2) is 14.7 Å². The minimum atomic E-state index is -1.12. The number of primary amides is 1. The van der Waals surface area contributed by atoms with E-state index in [1.54, 1.807) is 6.20 Å². The van der Waals surface area contributed by atoms with Crippen LogP contribution >= 0.6 is 11.3 Å². The molecule has 30 heavy (non-hydrogen) atoms. The van der Waals surface area contributed by atoms with E-state index in [0.29, 0.717) is 18.8 Å². The third-order valence-electron chi connectivity index (χ3n) is 6.57. The number of urea groups is 1. The van der Waals surface area contributed by atoms with Gasteiger partial charge in [0.25, 0.3) is 5.91 Å². The van der Waals surface area contributed by atoms with Gasteiger partial charge in [-0.05, 0) is 60.8 Å². The summed E-state index contributed by atoms with van der Waals surface area (Å²) in [6.07, 6.45) is 4.85. The zero-order chi connectivity index (χ0) is 21.0. The van der Waals surface area contributed by atoms with E-state index in [-0.39, 0.29) is 11.8 Å². The number of aryl methyl sites for hydroxylation is 1. The van der Waals surface area contributed by atoms with Crippen molar-refractivity contribution >= 4 is 40.0 Å². The van der Waals surface area contributed by atoms with Gasteiger partial charge in [0.05, 0.1) is 0 Å². The molecule has 1 aromatic heterocycles. The number of nitrogens with one attached hydrogen (secondary N) is 2. The van der Waals surface area contributed by atoms with E-state index >= 15 is 0 Å². The van der Waals surface area contributed by atoms with E-state index in [9.17, 15) is 14.4 Å². The first-order chi connectivity index (χ1) is 14.4. The molecule has 5 rings (SSSR count). The van der Waals surface area contributed by atoms with Gasteiger partial charge in [0, 0.05) is 17.3 Å². The van der Waals surface area contributed by atoms with Crippen molar-refractivity contribution in [2.75, 3.05) is 5.32 Å². The van der Waals surface area contributed by atoms with Gasteiger partial charge in [0.15, 0.2) is 5.13 Å². The number of thiazole rings is 1. The first-order valence-electron chi connectivity index (χ1n) is 10.2. The number of imide groups is 1. The Morgan fingerprint density at radius 2 is 2.20 bits per heavy atom. The molecule has 8 nitrogen and oxygen atoms in total. The Morgan fingerprint density at radius 3 is 2.87 bits per heavy atom. The fourth-order valence-electron chi connectivity index (χ4n) is 4.86. The van der Waals surface area contributed by atoms with Crippen LogP contribution in [0.2, 0.25) is 0 Å². The number of rotatable bonds is 6. The second-order valence-electron chi connectivity index (χ2n) is 8.39. The number of nitrogens with zero attached hydrogens (tertiary/aromatic N) is 2. The van der Waals surface area contributed by atoms with Crippen LogP contribution in [-0.2, 0) is 21.5 Å². The van der Waals surface area contributed by atoms with Gasteiger partial charge in [-0.1, -0.05) is 13.0 Å². The lowest BCUT2D eigenvalue weighted by Crippen LogP contribution is -2.53. The molecule has 2 heterocycles. The molecule has 3 atom stereocenters. The molecule has 9 heteroatoms. The maximum absolute atomic E-state index is 13.5. The van der Waals surface area contributed by atoms with Crippen LogP contribution < -0.4 is 16.4 Å². The van der Waals surface area contributed by atoms with Crippen LogP contribution in [0.4, 0.5) is 15.6 Å². The Balaban J connectivity index is 1.46. The fraction of sp³-hybridized carbons (Fsp3) is 0.429. The quantitative estimate of drug-likeness (QED) is 0.615. The topological polar surface area (TPSA) is 117 Å². The van der Waals surface area contributed by atoms with E-state index in [4.69, 9.17) is 5.73 Å². The number of hydrogen-bond donors (Lipinski definition) is 3. The highest BCUT2D eigenvalue weighted by Gasteiger charge is 2.59. The molecule has 2 aliphatic carbocycles. The zero-order valence-corrected chi connectivity index (χ0v) is 17.4. The van der Waals surface area contributed by atoms with Crippen LogP contribution in [0.25, 0.3) is 0 Å². The maximum atomic E-state index is 13.5. The lowest BCUT2D eigenvalue weighted by atomic mass is 9.89. The molecule has 2 unspecified atom stereocenters. The van der Waals surface area contributed by atoms with Crippen molar-refractivity contribution in [2.45, 2.75) is 44.2 Å². The molecular weight excluding hydrogens is 402 g/mol. The lowest BCUT2D eigenvalue weighted by Gasteiger charge is -2.29. The van der Waals surface area contributed by atoms with Gasteiger partial charge >= 0.3 is 6.03 Å². The molecule has 1 saturated carbocycles. The van der Waals surface area contributed by atoms with E-state index in [1.807, 2.05) is 30.5 Å². The summed E-state index contributed by atoms with van der Waals surface area (Å²) in [5.41, 5.74) is 7.19. The maximum Gasteiger partial charge on any atom is 0.326 e. The van der Waals surface area contributed by atoms with Crippen LogP contribution in [-0.4, -0.2) is 33.8 Å². The molecule has 1 spiro atoms. The summed E-state index contributed by atoms with van der Waals surface area (Å²) in [5, 5.41) is 8.83. The SMILES string of the molecule is C[C@@H](C1CC1)C(C(N)=O)N1C(=O)NC2(CCc3cc(Nc4nccs4)ccc32)C1=O. The molecule has 2 fully saturated rings. The molecule has 4 amide bonds. The van der Waals surface area contributed by atoms with Crippen LogP contribution in [0, 0.1) is 11.8 Å². The number of hydrogen-bond acceptors (Lipinski definition) is 6. The first kappa shape index (κ1) is 19.0. The average Bonchev–Trinajstić information content (AvgIpc) is 3.25. The summed E-state index contributed by atoms with van der Waals surface area (Å²) in [4.78, 5) is 44.0. The van der Waals surface area contributed by atoms with Crippen molar-refractivity contribution in [1.29, 1.82) is 0 Å². The predicted octanol–water partition coefficient (Wildman–Crippen LogP) is 2.48. The van der Waals surface area contributed by atoms with E-state index in [1.165, 1.54) is 11.3 Å². The monoisotopic (exact) mass is 425 g/mol. The predicted molar refractivity (Wildman–Crippen MR) is 112 cm³/mol. The van der Waals surface area contributed by atoms with Crippen LogP contribution in [0.3, 0.4) is 0 Å². The molecule has 156 valence electrons. The standard InChI is InChI=1S/C21H23N5O3S/c1-11(12-2-3-12)16(17(22)27)26-18(28)21(25-20(26)29)7-6-13-10-14(4-5-15(13)21)24-19-23-8-9-30-19/h4-5,8-12,16H,2-3,6-7H2,1H3,(H2,22,27)(H,23,24)(H,25,29)/t11-,16?,21?/m0/s1. The van der Waals surface area contributed by atoms with Crippen molar-refractivity contribution in [3.05, 3.63) is 40.9 Å². The molecular formula is C21H23N5O3S. The lowest BCUT2D eigenvalue weighted by molar-refractivity contribution is -0.139. The number of anilines is 2. The number of benzene rings is 1. The Kier molecular flexibility index (Phi) is 4.32. The molecule has 3 aliphatic rings. The molecule has 4 N–H and O–H groups in total. The smallest absolute Gasteiger partial charge is 0.326 e. The van der Waals surface area contributed by atoms with Crippen LogP contribution in [0.1, 0.15) is 37.3 Å². The second kappa shape index (κ2) is 6.80. The third kappa shape index (κ3) is 2.87. The second-order valence-corrected chi connectivity index (χ2v) is 9.28.